The molecule has 0 aromatic heterocycles. The van der Waals surface area contributed by atoms with Gasteiger partial charge in [-0.25, -0.2) is 9.18 Å². The molecule has 0 saturated carbocycles. The molecule has 2 heterocycles. The summed E-state index contributed by atoms with van der Waals surface area (Å²) in [4.78, 5) is 39.3. The third kappa shape index (κ3) is 6.12. The van der Waals surface area contributed by atoms with E-state index in [2.05, 4.69) is 16.0 Å². The number of nitrogens with one attached hydrogen (secondary N) is 3. The topological polar surface area (TPSA) is 109 Å². The van der Waals surface area contributed by atoms with Crippen LogP contribution in [0, 0.1) is 5.82 Å². The number of halogens is 1. The van der Waals surface area contributed by atoms with Crippen molar-refractivity contribution in [1.29, 1.82) is 0 Å². The SMILES string of the molecule is CCNC(=O)Nc1ccc2c(c1)C(=O)N(C)[C@H]1CC[C@H](CC(=O)NCc3cccc(F)c3)O[C@H]1CO2. The van der Waals surface area contributed by atoms with Gasteiger partial charge in [0.05, 0.1) is 24.1 Å². The minimum atomic E-state index is -0.394. The third-order valence-corrected chi connectivity index (χ3v) is 6.40. The number of amides is 4. The molecule has 4 amide bonds. The van der Waals surface area contributed by atoms with Crippen LogP contribution < -0.4 is 20.7 Å². The van der Waals surface area contributed by atoms with E-state index >= 15 is 0 Å². The van der Waals surface area contributed by atoms with Crippen LogP contribution in [0.5, 0.6) is 5.75 Å². The van der Waals surface area contributed by atoms with E-state index in [-0.39, 0.29) is 55.4 Å². The van der Waals surface area contributed by atoms with Gasteiger partial charge in [0.2, 0.25) is 5.91 Å². The highest BCUT2D eigenvalue weighted by Gasteiger charge is 2.39. The number of carbonyl (C=O) groups excluding carboxylic acids is 3. The van der Waals surface area contributed by atoms with E-state index < -0.39 is 6.10 Å². The Morgan fingerprint density at radius 1 is 1.14 bits per heavy atom. The van der Waals surface area contributed by atoms with Crippen molar-refractivity contribution in [1.82, 2.24) is 15.5 Å². The molecule has 0 radical (unpaired) electrons. The predicted molar refractivity (Wildman–Crippen MR) is 131 cm³/mol. The second-order valence-electron chi connectivity index (χ2n) is 8.97. The van der Waals surface area contributed by atoms with Crippen LogP contribution >= 0.6 is 0 Å². The Bertz CT molecular complexity index is 1130. The van der Waals surface area contributed by atoms with Crippen LogP contribution in [0.1, 0.15) is 42.1 Å². The second-order valence-corrected chi connectivity index (χ2v) is 8.97. The summed E-state index contributed by atoms with van der Waals surface area (Å²) in [6, 6.07) is 10.5. The number of anilines is 1. The van der Waals surface area contributed by atoms with Gasteiger partial charge in [0.1, 0.15) is 24.3 Å². The van der Waals surface area contributed by atoms with E-state index in [1.165, 1.54) is 12.1 Å². The Morgan fingerprint density at radius 3 is 2.75 bits per heavy atom. The fraction of sp³-hybridized carbons (Fsp3) is 0.423. The number of hydrogen-bond donors (Lipinski definition) is 3. The molecule has 4 rings (SSSR count). The van der Waals surface area contributed by atoms with E-state index in [9.17, 15) is 18.8 Å². The number of benzene rings is 2. The van der Waals surface area contributed by atoms with E-state index in [1.54, 1.807) is 42.3 Å². The minimum absolute atomic E-state index is 0.168. The summed E-state index contributed by atoms with van der Waals surface area (Å²) in [6.45, 7) is 2.77. The molecule has 3 atom stereocenters. The Hall–Kier alpha value is -3.66. The molecule has 1 saturated heterocycles. The van der Waals surface area contributed by atoms with E-state index in [4.69, 9.17) is 9.47 Å². The van der Waals surface area contributed by atoms with E-state index in [0.717, 1.165) is 0 Å². The lowest BCUT2D eigenvalue weighted by Gasteiger charge is -2.42. The first kappa shape index (κ1) is 25.4. The summed E-state index contributed by atoms with van der Waals surface area (Å²) < 4.78 is 25.5. The van der Waals surface area contributed by atoms with Crippen LogP contribution in [-0.2, 0) is 16.1 Å². The van der Waals surface area contributed by atoms with Gasteiger partial charge in [0.25, 0.3) is 5.91 Å². The molecule has 192 valence electrons. The average Bonchev–Trinajstić information content (AvgIpc) is 2.85. The molecule has 2 aromatic rings. The quantitative estimate of drug-likeness (QED) is 0.567. The zero-order chi connectivity index (χ0) is 25.7. The molecule has 3 N–H and O–H groups in total. The molecular formula is C26H31FN4O5. The Balaban J connectivity index is 1.37. The number of urea groups is 1. The van der Waals surface area contributed by atoms with E-state index in [0.29, 0.717) is 42.0 Å². The first-order chi connectivity index (χ1) is 17.3. The average molecular weight is 499 g/mol. The number of nitrogens with zero attached hydrogens (tertiary/aromatic N) is 1. The molecule has 0 spiro atoms. The van der Waals surface area contributed by atoms with Crippen molar-refractivity contribution in [2.24, 2.45) is 0 Å². The van der Waals surface area contributed by atoms with Gasteiger partial charge in [-0.05, 0) is 55.7 Å². The number of fused-ring (bicyclic) bond motifs is 2. The normalized spacial score (nSPS) is 21.2. The van der Waals surface area contributed by atoms with Gasteiger partial charge in [-0.3, -0.25) is 9.59 Å². The second kappa shape index (κ2) is 11.4. The molecule has 0 aliphatic carbocycles. The standard InChI is InChI=1S/C26H31FN4O5/c1-3-28-26(34)30-18-7-10-22-20(12-18)25(33)31(2)21-9-8-19(36-23(21)15-35-22)13-24(32)29-14-16-5-4-6-17(27)11-16/h4-7,10-12,19,21,23H,3,8-9,13-15H2,1-2H3,(H,29,32)(H2,28,30,34)/t19-,21+,23+/m1/s1. The number of ether oxygens (including phenoxy) is 2. The molecule has 36 heavy (non-hydrogen) atoms. The monoisotopic (exact) mass is 498 g/mol. The first-order valence-electron chi connectivity index (χ1n) is 12.1. The highest BCUT2D eigenvalue weighted by molar-refractivity contribution is 5.99. The fourth-order valence-corrected chi connectivity index (χ4v) is 4.57. The Kier molecular flexibility index (Phi) is 8.04. The maximum atomic E-state index is 13.3. The van der Waals surface area contributed by atoms with Gasteiger partial charge in [-0.2, -0.15) is 0 Å². The smallest absolute Gasteiger partial charge is 0.319 e. The van der Waals surface area contributed by atoms with Crippen LogP contribution in [-0.4, -0.2) is 61.2 Å². The molecule has 9 nitrogen and oxygen atoms in total. The molecule has 2 aliphatic heterocycles. The lowest BCUT2D eigenvalue weighted by Crippen LogP contribution is -2.53. The van der Waals surface area contributed by atoms with Crippen molar-refractivity contribution < 1.29 is 28.2 Å². The van der Waals surface area contributed by atoms with Gasteiger partial charge < -0.3 is 30.3 Å². The number of likely N-dealkylation sites (N-methyl/N-ethyl adjacent to an activating group) is 1. The van der Waals surface area contributed by atoms with Gasteiger partial charge in [-0.15, -0.1) is 0 Å². The lowest BCUT2D eigenvalue weighted by molar-refractivity contribution is -0.134. The summed E-state index contributed by atoms with van der Waals surface area (Å²) in [5.41, 5.74) is 1.54. The van der Waals surface area contributed by atoms with Crippen LogP contribution in [0.2, 0.25) is 0 Å². The highest BCUT2D eigenvalue weighted by Crippen LogP contribution is 2.32. The highest BCUT2D eigenvalue weighted by atomic mass is 19.1. The maximum absolute atomic E-state index is 13.3. The number of hydrogen-bond acceptors (Lipinski definition) is 5. The maximum Gasteiger partial charge on any atom is 0.319 e. The summed E-state index contributed by atoms with van der Waals surface area (Å²) >= 11 is 0. The van der Waals surface area contributed by atoms with Crippen molar-refractivity contribution in [2.75, 3.05) is 25.5 Å². The minimum Gasteiger partial charge on any atom is -0.490 e. The zero-order valence-corrected chi connectivity index (χ0v) is 20.4. The van der Waals surface area contributed by atoms with Crippen molar-refractivity contribution >= 4 is 23.5 Å². The summed E-state index contributed by atoms with van der Waals surface area (Å²) in [5, 5.41) is 8.17. The fourth-order valence-electron chi connectivity index (χ4n) is 4.57. The van der Waals surface area contributed by atoms with Gasteiger partial charge in [-0.1, -0.05) is 12.1 Å². The van der Waals surface area contributed by atoms with Crippen molar-refractivity contribution in [3.8, 4) is 5.75 Å². The molecule has 1 fully saturated rings. The third-order valence-electron chi connectivity index (χ3n) is 6.40. The van der Waals surface area contributed by atoms with Crippen LogP contribution in [0.4, 0.5) is 14.9 Å². The van der Waals surface area contributed by atoms with Gasteiger partial charge in [0.15, 0.2) is 0 Å². The van der Waals surface area contributed by atoms with Gasteiger partial charge in [0, 0.05) is 25.8 Å². The largest absolute Gasteiger partial charge is 0.490 e. The molecule has 10 heteroatoms. The molecule has 0 unspecified atom stereocenters. The van der Waals surface area contributed by atoms with Crippen LogP contribution in [0.3, 0.4) is 0 Å². The molecule has 2 aliphatic rings. The summed E-state index contributed by atoms with van der Waals surface area (Å²) in [6.07, 6.45) is 0.729. The van der Waals surface area contributed by atoms with Crippen molar-refractivity contribution in [2.45, 2.75) is 51.0 Å². The molecule has 0 bridgehead atoms. The predicted octanol–water partition coefficient (Wildman–Crippen LogP) is 3.05. The van der Waals surface area contributed by atoms with Gasteiger partial charge >= 0.3 is 6.03 Å². The van der Waals surface area contributed by atoms with Crippen LogP contribution in [0.25, 0.3) is 0 Å². The summed E-state index contributed by atoms with van der Waals surface area (Å²) in [7, 11) is 1.73. The molecular weight excluding hydrogens is 467 g/mol. The van der Waals surface area contributed by atoms with E-state index in [1.807, 2.05) is 6.92 Å². The number of carbonyl (C=O) groups is 3. The Morgan fingerprint density at radius 2 is 1.97 bits per heavy atom. The van der Waals surface area contributed by atoms with Crippen LogP contribution in [0.15, 0.2) is 42.5 Å². The first-order valence-corrected chi connectivity index (χ1v) is 12.1. The number of rotatable bonds is 6. The zero-order valence-electron chi connectivity index (χ0n) is 20.4. The summed E-state index contributed by atoms with van der Waals surface area (Å²) in [5.74, 6) is -0.349. The van der Waals surface area contributed by atoms with Crippen molar-refractivity contribution in [3.63, 3.8) is 0 Å². The molecule has 2 aromatic carbocycles. The lowest BCUT2D eigenvalue weighted by atomic mass is 9.94. The van der Waals surface area contributed by atoms with Crippen molar-refractivity contribution in [3.05, 3.63) is 59.4 Å². The Labute approximate surface area is 209 Å².